The number of rotatable bonds is 7. The van der Waals surface area contributed by atoms with Gasteiger partial charge in [0.05, 0.1) is 22.3 Å². The molecule has 0 aliphatic rings. The largest absolute Gasteiger partial charge is 0.390 e. The minimum Gasteiger partial charge on any atom is -0.390 e. The highest BCUT2D eigenvalue weighted by Gasteiger charge is 2.19. The lowest BCUT2D eigenvalue weighted by atomic mass is 10.2. The maximum Gasteiger partial charge on any atom is 0.307 e. The lowest BCUT2D eigenvalue weighted by Crippen LogP contribution is -2.28. The predicted octanol–water partition coefficient (Wildman–Crippen LogP) is 2.51. The summed E-state index contributed by atoms with van der Waals surface area (Å²) in [5, 5.41) is 15.8. The quantitative estimate of drug-likeness (QED) is 0.490. The van der Waals surface area contributed by atoms with Crippen molar-refractivity contribution in [2.45, 2.75) is 0 Å². The van der Waals surface area contributed by atoms with Crippen molar-refractivity contribution in [3.8, 4) is 0 Å². The zero-order valence-electron chi connectivity index (χ0n) is 15.2. The summed E-state index contributed by atoms with van der Waals surface area (Å²) >= 11 is 3.34. The summed E-state index contributed by atoms with van der Waals surface area (Å²) in [6.45, 7) is 3.45. The molecule has 0 saturated heterocycles. The van der Waals surface area contributed by atoms with Gasteiger partial charge in [-0.15, -0.1) is 0 Å². The molecule has 28 heavy (non-hydrogen) atoms. The summed E-state index contributed by atoms with van der Waals surface area (Å²) in [5.74, 6) is 0.739. The van der Waals surface area contributed by atoms with Crippen molar-refractivity contribution in [1.29, 1.82) is 0 Å². The van der Waals surface area contributed by atoms with Crippen molar-refractivity contribution in [3.63, 3.8) is 0 Å². The molecular weight excluding hydrogens is 448 g/mol. The van der Waals surface area contributed by atoms with Crippen molar-refractivity contribution in [2.75, 3.05) is 31.3 Å². The number of nitrogens with one attached hydrogen (secondary N) is 2. The van der Waals surface area contributed by atoms with Gasteiger partial charge in [-0.05, 0) is 34.1 Å². The lowest BCUT2D eigenvalue weighted by molar-refractivity contribution is 0.333. The first-order chi connectivity index (χ1) is 13.2. The van der Waals surface area contributed by atoms with Gasteiger partial charge in [-0.2, -0.15) is 17.7 Å². The Morgan fingerprint density at radius 2 is 2.11 bits per heavy atom. The Morgan fingerprint density at radius 1 is 1.36 bits per heavy atom. The molecule has 3 N–H and O–H groups in total. The van der Waals surface area contributed by atoms with E-state index < -0.39 is 10.2 Å². The fraction of sp³-hybridized carbons (Fsp3) is 0.176. The highest BCUT2D eigenvalue weighted by Crippen LogP contribution is 2.29. The fourth-order valence-corrected chi connectivity index (χ4v) is 3.74. The summed E-state index contributed by atoms with van der Waals surface area (Å²) in [4.78, 5) is 8.58. The number of aliphatic hydroxyl groups excluding tert-OH is 1. The van der Waals surface area contributed by atoms with E-state index in [9.17, 15) is 8.42 Å². The van der Waals surface area contributed by atoms with E-state index in [1.807, 2.05) is 0 Å². The van der Waals surface area contributed by atoms with Crippen LogP contribution in [0.4, 0.5) is 17.5 Å². The average Bonchev–Trinajstić information content (AvgIpc) is 3.10. The monoisotopic (exact) mass is 466 g/mol. The number of nitrogens with zero attached hydrogens (tertiary/aromatic N) is 4. The Bertz CT molecular complexity index is 1140. The van der Waals surface area contributed by atoms with Crippen LogP contribution in [-0.4, -0.2) is 52.5 Å². The molecule has 2 heterocycles. The van der Waals surface area contributed by atoms with E-state index in [4.69, 9.17) is 5.11 Å². The first-order valence-electron chi connectivity index (χ1n) is 8.12. The lowest BCUT2D eigenvalue weighted by Gasteiger charge is -2.14. The molecule has 0 aliphatic carbocycles. The van der Waals surface area contributed by atoms with Crippen molar-refractivity contribution < 1.29 is 13.5 Å². The van der Waals surface area contributed by atoms with Gasteiger partial charge >= 0.3 is 10.2 Å². The normalized spacial score (nSPS) is 11.8. The topological polar surface area (TPSA) is 112 Å². The van der Waals surface area contributed by atoms with Crippen LogP contribution in [0.3, 0.4) is 0 Å². The molecule has 0 aliphatic heterocycles. The molecule has 2 aromatic heterocycles. The zero-order chi connectivity index (χ0) is 20.5. The van der Waals surface area contributed by atoms with E-state index in [1.54, 1.807) is 30.5 Å². The van der Waals surface area contributed by atoms with Crippen molar-refractivity contribution in [2.24, 2.45) is 0 Å². The molecule has 0 radical (unpaired) electrons. The first-order valence-corrected chi connectivity index (χ1v) is 10.3. The van der Waals surface area contributed by atoms with E-state index in [0.29, 0.717) is 38.5 Å². The predicted molar refractivity (Wildman–Crippen MR) is 113 cm³/mol. The third-order valence-corrected chi connectivity index (χ3v) is 6.20. The third-order valence-electron chi connectivity index (χ3n) is 3.88. The molecule has 0 fully saturated rings. The van der Waals surface area contributed by atoms with Gasteiger partial charge in [-0.1, -0.05) is 12.6 Å². The van der Waals surface area contributed by atoms with Crippen LogP contribution in [0.5, 0.6) is 0 Å². The van der Waals surface area contributed by atoms with Gasteiger partial charge in [0.15, 0.2) is 0 Å². The summed E-state index contributed by atoms with van der Waals surface area (Å²) < 4.78 is 28.0. The minimum absolute atomic E-state index is 0.230. The Balaban J connectivity index is 1.99. The maximum atomic E-state index is 12.5. The number of anilines is 3. The second-order valence-corrected chi connectivity index (χ2v) is 8.92. The van der Waals surface area contributed by atoms with Gasteiger partial charge in [-0.25, -0.2) is 8.96 Å². The van der Waals surface area contributed by atoms with Crippen LogP contribution in [0.1, 0.15) is 0 Å². The van der Waals surface area contributed by atoms with E-state index in [2.05, 4.69) is 43.1 Å². The van der Waals surface area contributed by atoms with Crippen LogP contribution in [-0.2, 0) is 10.2 Å². The van der Waals surface area contributed by atoms with Crippen LogP contribution in [0.2, 0.25) is 0 Å². The number of hydrogen-bond acceptors (Lipinski definition) is 7. The van der Waals surface area contributed by atoms with Gasteiger partial charge in [0.1, 0.15) is 5.82 Å². The molecule has 9 nitrogen and oxygen atoms in total. The molecule has 0 unspecified atom stereocenters. The third kappa shape index (κ3) is 3.87. The van der Waals surface area contributed by atoms with Crippen LogP contribution in [0, 0.1) is 0 Å². The van der Waals surface area contributed by atoms with Crippen molar-refractivity contribution in [1.82, 2.24) is 18.2 Å². The standard InChI is InChI=1S/C17H19BrN6O3S/c1-11(10-25)20-16-13(18)9-19-17(22-16)21-14-5-4-6-15-12(14)7-8-24(15)28(26,27)23(2)3/h4-9,25H,1,10H2,2-3H3,(H2,19,20,21,22). The van der Waals surface area contributed by atoms with Crippen LogP contribution in [0.25, 0.3) is 10.9 Å². The highest BCUT2D eigenvalue weighted by atomic mass is 79.9. The molecule has 0 amide bonds. The number of halogens is 1. The average molecular weight is 467 g/mol. The Hall–Kier alpha value is -2.47. The second-order valence-electron chi connectivity index (χ2n) is 6.04. The van der Waals surface area contributed by atoms with Crippen LogP contribution >= 0.6 is 15.9 Å². The molecule has 0 bridgehead atoms. The van der Waals surface area contributed by atoms with Crippen molar-refractivity contribution in [3.05, 3.63) is 53.4 Å². The zero-order valence-corrected chi connectivity index (χ0v) is 17.6. The maximum absolute atomic E-state index is 12.5. The van der Waals surface area contributed by atoms with Crippen LogP contribution < -0.4 is 10.6 Å². The van der Waals surface area contributed by atoms with Gasteiger partial charge < -0.3 is 15.7 Å². The summed E-state index contributed by atoms with van der Waals surface area (Å²) in [6, 6.07) is 6.99. The van der Waals surface area contributed by atoms with Gasteiger partial charge in [-0.3, -0.25) is 0 Å². The molecule has 3 aromatic rings. The molecule has 3 rings (SSSR count). The first kappa shape index (κ1) is 20.3. The Kier molecular flexibility index (Phi) is 5.70. The number of aromatic nitrogens is 3. The Morgan fingerprint density at radius 3 is 2.79 bits per heavy atom. The number of benzene rings is 1. The second kappa shape index (κ2) is 7.87. The molecular formula is C17H19BrN6O3S. The SMILES string of the molecule is C=C(CO)Nc1nc(Nc2cccc3c2ccn3S(=O)(=O)N(C)C)ncc1Br. The minimum atomic E-state index is -3.64. The number of hydrogen-bond donors (Lipinski definition) is 3. The van der Waals surface area contributed by atoms with E-state index in [1.165, 1.54) is 24.3 Å². The molecule has 0 spiro atoms. The fourth-order valence-electron chi connectivity index (χ4n) is 2.47. The molecule has 0 atom stereocenters. The van der Waals surface area contributed by atoms with E-state index in [0.717, 1.165) is 4.31 Å². The van der Waals surface area contributed by atoms with Crippen molar-refractivity contribution >= 4 is 54.5 Å². The molecule has 148 valence electrons. The van der Waals surface area contributed by atoms with Crippen LogP contribution in [0.15, 0.2) is 53.4 Å². The summed E-state index contributed by atoms with van der Waals surface area (Å²) in [7, 11) is -0.677. The summed E-state index contributed by atoms with van der Waals surface area (Å²) in [6.07, 6.45) is 3.07. The highest BCUT2D eigenvalue weighted by molar-refractivity contribution is 9.10. The van der Waals surface area contributed by atoms with Gasteiger partial charge in [0.2, 0.25) is 5.95 Å². The van der Waals surface area contributed by atoms with Gasteiger partial charge in [0.25, 0.3) is 0 Å². The Labute approximate surface area is 171 Å². The van der Waals surface area contributed by atoms with E-state index in [-0.39, 0.29) is 6.61 Å². The summed E-state index contributed by atoms with van der Waals surface area (Å²) in [5.41, 5.74) is 1.57. The van der Waals surface area contributed by atoms with Gasteiger partial charge in [0, 0.05) is 37.6 Å². The molecule has 1 aromatic carbocycles. The smallest absolute Gasteiger partial charge is 0.307 e. The van der Waals surface area contributed by atoms with E-state index >= 15 is 0 Å². The molecule has 0 saturated carbocycles. The number of fused-ring (bicyclic) bond motifs is 1. The molecule has 11 heteroatoms. The number of aliphatic hydroxyl groups is 1.